The predicted octanol–water partition coefficient (Wildman–Crippen LogP) is 2.84. The van der Waals surface area contributed by atoms with Gasteiger partial charge in [0.1, 0.15) is 28.1 Å². The van der Waals surface area contributed by atoms with E-state index in [9.17, 15) is 8.42 Å². The van der Waals surface area contributed by atoms with Crippen LogP contribution >= 0.6 is 15.9 Å². The zero-order chi connectivity index (χ0) is 22.4. The van der Waals surface area contributed by atoms with Crippen LogP contribution in [0.5, 0.6) is 11.5 Å². The van der Waals surface area contributed by atoms with Gasteiger partial charge in [-0.15, -0.1) is 0 Å². The van der Waals surface area contributed by atoms with Gasteiger partial charge in [0.2, 0.25) is 0 Å². The summed E-state index contributed by atoms with van der Waals surface area (Å²) < 4.78 is 36.9. The minimum absolute atomic E-state index is 0. The molecule has 0 saturated carbocycles. The molecule has 3 rings (SSSR count). The molecule has 162 valence electrons. The molecule has 0 unspecified atom stereocenters. The Labute approximate surface area is 219 Å². The average Bonchev–Trinajstić information content (AvgIpc) is 2.77. The van der Waals surface area contributed by atoms with Crippen LogP contribution in [0.25, 0.3) is 4.83 Å². The van der Waals surface area contributed by atoms with Gasteiger partial charge in [-0.05, 0) is 61.9 Å². The van der Waals surface area contributed by atoms with Crippen molar-refractivity contribution in [2.75, 3.05) is 7.11 Å². The number of rotatable bonds is 8. The maximum atomic E-state index is 12.5. The first-order valence-corrected chi connectivity index (χ1v) is 11.7. The minimum Gasteiger partial charge on any atom is -0.497 e. The number of aryl methyl sites for hydroxylation is 1. The normalized spacial score (nSPS) is 11.4. The van der Waals surface area contributed by atoms with E-state index in [0.29, 0.717) is 23.6 Å². The van der Waals surface area contributed by atoms with E-state index in [1.165, 1.54) is 12.1 Å². The van der Waals surface area contributed by atoms with Crippen LogP contribution in [-0.4, -0.2) is 21.2 Å². The molecular weight excluding hydrogens is 503 g/mol. The summed E-state index contributed by atoms with van der Waals surface area (Å²) in [7, 11) is -2.28. The summed E-state index contributed by atoms with van der Waals surface area (Å²) in [6.45, 7) is 3.91. The molecule has 0 atom stereocenters. The number of hydrogen-bond donors (Lipinski definition) is 0. The van der Waals surface area contributed by atoms with Crippen molar-refractivity contribution in [2.45, 2.75) is 25.3 Å². The number of nitrogens with zero attached hydrogens (tertiary/aromatic N) is 2. The van der Waals surface area contributed by atoms with E-state index >= 15 is 0 Å². The van der Waals surface area contributed by atoms with Crippen molar-refractivity contribution in [1.29, 1.82) is 0 Å². The molecule has 6 nitrogen and oxygen atoms in total. The molecular formula is C23H22BrN2NaO4S. The molecule has 0 spiro atoms. The molecule has 32 heavy (non-hydrogen) atoms. The third-order valence-corrected chi connectivity index (χ3v) is 6.16. The van der Waals surface area contributed by atoms with Crippen molar-refractivity contribution < 1.29 is 47.4 Å². The molecule has 0 aliphatic heterocycles. The standard InChI is InChI=1S/C23H22BrN2O4S.Na/c1-16-4-11-21(12-5-16)31(27,28)26-25-17(2)22-14-19(24)8-13-23(22)30-15-18-6-9-20(29-3)10-7-18;/h4-14H,15H2,1-3H3;/q-1;+1/b25-17+;. The van der Waals surface area contributed by atoms with E-state index in [-0.39, 0.29) is 34.5 Å². The van der Waals surface area contributed by atoms with Crippen LogP contribution in [0.2, 0.25) is 0 Å². The third-order valence-electron chi connectivity index (χ3n) is 4.50. The molecule has 3 aromatic rings. The topological polar surface area (TPSA) is 79.1 Å². The fourth-order valence-corrected chi connectivity index (χ4v) is 3.89. The van der Waals surface area contributed by atoms with E-state index < -0.39 is 10.0 Å². The van der Waals surface area contributed by atoms with Crippen LogP contribution in [0.4, 0.5) is 0 Å². The average molecular weight is 525 g/mol. The molecule has 0 heterocycles. The molecule has 0 aliphatic rings. The quantitative estimate of drug-likeness (QED) is 0.258. The number of methoxy groups -OCH3 is 1. The third kappa shape index (κ3) is 7.08. The minimum atomic E-state index is -3.89. The molecule has 0 aliphatic carbocycles. The van der Waals surface area contributed by atoms with E-state index in [1.807, 2.05) is 43.3 Å². The fraction of sp³-hybridized carbons (Fsp3) is 0.174. The zero-order valence-electron chi connectivity index (χ0n) is 18.4. The molecule has 0 amide bonds. The summed E-state index contributed by atoms with van der Waals surface area (Å²) in [6.07, 6.45) is 0. The Kier molecular flexibility index (Phi) is 9.79. The Bertz CT molecular complexity index is 1180. The van der Waals surface area contributed by atoms with Crippen LogP contribution < -0.4 is 39.0 Å². The largest absolute Gasteiger partial charge is 1.00 e. The summed E-state index contributed by atoms with van der Waals surface area (Å²) in [6, 6.07) is 19.5. The van der Waals surface area contributed by atoms with Gasteiger partial charge in [0.25, 0.3) is 0 Å². The smallest absolute Gasteiger partial charge is 0.497 e. The predicted molar refractivity (Wildman–Crippen MR) is 125 cm³/mol. The van der Waals surface area contributed by atoms with Gasteiger partial charge in [-0.2, -0.15) is 0 Å². The van der Waals surface area contributed by atoms with E-state index in [1.54, 1.807) is 32.2 Å². The molecule has 0 fully saturated rings. The monoisotopic (exact) mass is 524 g/mol. The van der Waals surface area contributed by atoms with E-state index in [2.05, 4.69) is 25.9 Å². The fourth-order valence-electron chi connectivity index (χ4n) is 2.72. The van der Waals surface area contributed by atoms with Gasteiger partial charge in [-0.1, -0.05) is 45.8 Å². The van der Waals surface area contributed by atoms with Crippen molar-refractivity contribution in [3.63, 3.8) is 0 Å². The van der Waals surface area contributed by atoms with Crippen molar-refractivity contribution in [1.82, 2.24) is 0 Å². The zero-order valence-corrected chi connectivity index (χ0v) is 22.8. The van der Waals surface area contributed by atoms with Gasteiger partial charge < -0.3 is 19.4 Å². The van der Waals surface area contributed by atoms with Crippen molar-refractivity contribution >= 4 is 31.7 Å². The SMILES string of the molecule is COc1ccc(COc2ccc(Br)cc2/C(C)=N/[N-]S(=O)(=O)c2ccc(C)cc2)cc1.[Na+]. The second-order valence-electron chi connectivity index (χ2n) is 6.83. The van der Waals surface area contributed by atoms with Gasteiger partial charge in [0.15, 0.2) is 0 Å². The van der Waals surface area contributed by atoms with Crippen molar-refractivity contribution in [3.05, 3.63) is 92.7 Å². The van der Waals surface area contributed by atoms with Crippen LogP contribution in [0.3, 0.4) is 0 Å². The molecule has 9 heteroatoms. The van der Waals surface area contributed by atoms with Crippen LogP contribution in [0.1, 0.15) is 23.6 Å². The second kappa shape index (κ2) is 11.9. The number of ether oxygens (including phenoxy) is 2. The summed E-state index contributed by atoms with van der Waals surface area (Å²) in [4.78, 5) is 3.71. The Hall–Kier alpha value is -1.84. The maximum absolute atomic E-state index is 12.5. The summed E-state index contributed by atoms with van der Waals surface area (Å²) in [5.74, 6) is 1.34. The Morgan fingerprint density at radius 1 is 1.03 bits per heavy atom. The number of halogens is 1. The Morgan fingerprint density at radius 2 is 1.69 bits per heavy atom. The van der Waals surface area contributed by atoms with Crippen LogP contribution in [0, 0.1) is 6.92 Å². The summed E-state index contributed by atoms with van der Waals surface area (Å²) in [5.41, 5.74) is 3.00. The van der Waals surface area contributed by atoms with Crippen LogP contribution in [-0.2, 0) is 16.6 Å². The number of benzene rings is 3. The molecule has 0 bridgehead atoms. The molecule has 0 saturated heterocycles. The van der Waals surface area contributed by atoms with Gasteiger partial charge in [-0.25, -0.2) is 8.42 Å². The number of hydrogen-bond acceptors (Lipinski definition) is 5. The Balaban J connectivity index is 0.00000363. The van der Waals surface area contributed by atoms with Gasteiger partial charge in [-0.3, -0.25) is 0 Å². The number of sulfonamides is 1. The van der Waals surface area contributed by atoms with Crippen LogP contribution in [0.15, 0.2) is 81.2 Å². The van der Waals surface area contributed by atoms with E-state index in [0.717, 1.165) is 21.3 Å². The van der Waals surface area contributed by atoms with Crippen molar-refractivity contribution in [3.8, 4) is 11.5 Å². The molecule has 0 N–H and O–H groups in total. The Morgan fingerprint density at radius 3 is 2.31 bits per heavy atom. The first kappa shape index (κ1) is 26.4. The van der Waals surface area contributed by atoms with Gasteiger partial charge >= 0.3 is 29.6 Å². The molecule has 0 aromatic heterocycles. The maximum Gasteiger partial charge on any atom is 1.00 e. The van der Waals surface area contributed by atoms with E-state index in [4.69, 9.17) is 9.47 Å². The van der Waals surface area contributed by atoms with Gasteiger partial charge in [0.05, 0.1) is 12.0 Å². The van der Waals surface area contributed by atoms with Gasteiger partial charge in [0, 0.05) is 15.7 Å². The molecule has 0 radical (unpaired) electrons. The second-order valence-corrected chi connectivity index (χ2v) is 9.33. The summed E-state index contributed by atoms with van der Waals surface area (Å²) >= 11 is 3.44. The molecule has 3 aromatic carbocycles. The summed E-state index contributed by atoms with van der Waals surface area (Å²) in [5, 5.41) is 3.98. The van der Waals surface area contributed by atoms with Crippen molar-refractivity contribution in [2.24, 2.45) is 5.10 Å². The first-order chi connectivity index (χ1) is 14.8. The first-order valence-electron chi connectivity index (χ1n) is 9.42.